The lowest BCUT2D eigenvalue weighted by atomic mass is 10.0. The molecule has 0 saturated carbocycles. The number of phenols is 1. The molecule has 0 fully saturated rings. The van der Waals surface area contributed by atoms with Crippen LogP contribution in [0.2, 0.25) is 0 Å². The van der Waals surface area contributed by atoms with Gasteiger partial charge in [-0.1, -0.05) is 42.5 Å². The van der Waals surface area contributed by atoms with E-state index in [4.69, 9.17) is 11.5 Å². The van der Waals surface area contributed by atoms with Crippen LogP contribution in [0.3, 0.4) is 0 Å². The van der Waals surface area contributed by atoms with Gasteiger partial charge in [0.15, 0.2) is 0 Å². The maximum Gasteiger partial charge on any atom is 0.144 e. The monoisotopic (exact) mass is 293 g/mol. The SMILES string of the molecule is NCc1ccccc1NCc1cc2ccccc2c(N)c1O. The van der Waals surface area contributed by atoms with Gasteiger partial charge in [0.25, 0.3) is 0 Å². The average molecular weight is 293 g/mol. The highest BCUT2D eigenvalue weighted by atomic mass is 16.3. The van der Waals surface area contributed by atoms with Crippen LogP contribution in [0, 0.1) is 0 Å². The number of phenolic OH excluding ortho intramolecular Hbond substituents is 1. The van der Waals surface area contributed by atoms with Crippen molar-refractivity contribution in [3.63, 3.8) is 0 Å². The van der Waals surface area contributed by atoms with Crippen molar-refractivity contribution in [2.75, 3.05) is 11.1 Å². The van der Waals surface area contributed by atoms with Crippen LogP contribution in [-0.4, -0.2) is 5.11 Å². The van der Waals surface area contributed by atoms with Gasteiger partial charge in [0, 0.05) is 29.7 Å². The summed E-state index contributed by atoms with van der Waals surface area (Å²) < 4.78 is 0. The van der Waals surface area contributed by atoms with Crippen molar-refractivity contribution >= 4 is 22.1 Å². The summed E-state index contributed by atoms with van der Waals surface area (Å²) in [6, 6.07) is 17.6. The van der Waals surface area contributed by atoms with Crippen LogP contribution in [0.1, 0.15) is 11.1 Å². The molecule has 22 heavy (non-hydrogen) atoms. The van der Waals surface area contributed by atoms with Gasteiger partial charge in [0.1, 0.15) is 5.75 Å². The number of hydrogen-bond donors (Lipinski definition) is 4. The summed E-state index contributed by atoms with van der Waals surface area (Å²) in [7, 11) is 0. The van der Waals surface area contributed by atoms with E-state index in [1.807, 2.05) is 54.6 Å². The fourth-order valence-electron chi connectivity index (χ4n) is 2.62. The Kier molecular flexibility index (Phi) is 3.85. The molecule has 0 atom stereocenters. The highest BCUT2D eigenvalue weighted by Gasteiger charge is 2.10. The van der Waals surface area contributed by atoms with Crippen LogP contribution < -0.4 is 16.8 Å². The third kappa shape index (κ3) is 2.56. The number of hydrogen-bond acceptors (Lipinski definition) is 4. The molecule has 0 spiro atoms. The standard InChI is InChI=1S/C18H19N3O/c19-10-13-6-2-4-8-16(13)21-11-14-9-12-5-1-3-7-15(12)17(20)18(14)22/h1-9,21-22H,10-11,19-20H2. The van der Waals surface area contributed by atoms with Crippen molar-refractivity contribution in [1.29, 1.82) is 0 Å². The van der Waals surface area contributed by atoms with E-state index in [1.54, 1.807) is 0 Å². The Bertz CT molecular complexity index is 815. The molecular formula is C18H19N3O. The highest BCUT2D eigenvalue weighted by Crippen LogP contribution is 2.34. The van der Waals surface area contributed by atoms with Gasteiger partial charge in [-0.15, -0.1) is 0 Å². The summed E-state index contributed by atoms with van der Waals surface area (Å²) in [6.07, 6.45) is 0. The first kappa shape index (κ1) is 14.2. The van der Waals surface area contributed by atoms with Crippen LogP contribution in [0.5, 0.6) is 5.75 Å². The largest absolute Gasteiger partial charge is 0.505 e. The Labute approximate surface area is 129 Å². The molecule has 0 aliphatic rings. The zero-order valence-electron chi connectivity index (χ0n) is 12.2. The quantitative estimate of drug-likeness (QED) is 0.439. The first-order chi connectivity index (χ1) is 10.7. The minimum absolute atomic E-state index is 0.136. The topological polar surface area (TPSA) is 84.3 Å². The molecular weight excluding hydrogens is 274 g/mol. The molecule has 0 bridgehead atoms. The van der Waals surface area contributed by atoms with Gasteiger partial charge in [-0.05, 0) is 23.1 Å². The molecule has 0 unspecified atom stereocenters. The van der Waals surface area contributed by atoms with Crippen LogP contribution >= 0.6 is 0 Å². The molecule has 3 aromatic carbocycles. The minimum Gasteiger partial charge on any atom is -0.505 e. The Hall–Kier alpha value is -2.72. The van der Waals surface area contributed by atoms with Crippen LogP contribution in [-0.2, 0) is 13.1 Å². The summed E-state index contributed by atoms with van der Waals surface area (Å²) in [5.41, 5.74) is 15.0. The number of benzene rings is 3. The third-order valence-electron chi connectivity index (χ3n) is 3.85. The van der Waals surface area contributed by atoms with Gasteiger partial charge in [-0.25, -0.2) is 0 Å². The predicted octanol–water partition coefficient (Wildman–Crippen LogP) is 3.20. The second-order valence-electron chi connectivity index (χ2n) is 5.23. The molecule has 0 amide bonds. The zero-order chi connectivity index (χ0) is 15.5. The van der Waals surface area contributed by atoms with Crippen LogP contribution in [0.4, 0.5) is 11.4 Å². The number of nitrogens with one attached hydrogen (secondary N) is 1. The van der Waals surface area contributed by atoms with Crippen molar-refractivity contribution in [3.05, 3.63) is 65.7 Å². The molecule has 0 saturated heterocycles. The van der Waals surface area contributed by atoms with Crippen molar-refractivity contribution in [1.82, 2.24) is 0 Å². The predicted molar refractivity (Wildman–Crippen MR) is 91.7 cm³/mol. The molecule has 0 radical (unpaired) electrons. The number of fused-ring (bicyclic) bond motifs is 1. The molecule has 3 aromatic rings. The number of para-hydroxylation sites is 1. The zero-order valence-corrected chi connectivity index (χ0v) is 12.2. The number of nitrogens with two attached hydrogens (primary N) is 2. The first-order valence-electron chi connectivity index (χ1n) is 7.21. The molecule has 0 aliphatic heterocycles. The molecule has 0 heterocycles. The second kappa shape index (κ2) is 5.95. The number of nitrogen functional groups attached to an aromatic ring is 1. The summed E-state index contributed by atoms with van der Waals surface area (Å²) >= 11 is 0. The Balaban J connectivity index is 1.92. The van der Waals surface area contributed by atoms with Gasteiger partial charge in [0.05, 0.1) is 5.69 Å². The lowest BCUT2D eigenvalue weighted by Gasteiger charge is -2.14. The summed E-state index contributed by atoms with van der Waals surface area (Å²) in [5.74, 6) is 0.136. The summed E-state index contributed by atoms with van der Waals surface area (Å²) in [5, 5.41) is 15.5. The van der Waals surface area contributed by atoms with Crippen molar-refractivity contribution < 1.29 is 5.11 Å². The van der Waals surface area contributed by atoms with Gasteiger partial charge in [-0.3, -0.25) is 0 Å². The number of anilines is 2. The summed E-state index contributed by atoms with van der Waals surface area (Å²) in [6.45, 7) is 0.951. The Morgan fingerprint density at radius 2 is 1.68 bits per heavy atom. The molecule has 112 valence electrons. The van der Waals surface area contributed by atoms with Gasteiger partial charge >= 0.3 is 0 Å². The summed E-state index contributed by atoms with van der Waals surface area (Å²) in [4.78, 5) is 0. The number of aromatic hydroxyl groups is 1. The Morgan fingerprint density at radius 1 is 0.955 bits per heavy atom. The van der Waals surface area contributed by atoms with Crippen molar-refractivity contribution in [3.8, 4) is 5.75 Å². The molecule has 4 nitrogen and oxygen atoms in total. The minimum atomic E-state index is 0.136. The van der Waals surface area contributed by atoms with Crippen LogP contribution in [0.25, 0.3) is 10.8 Å². The maximum atomic E-state index is 10.3. The van der Waals surface area contributed by atoms with E-state index in [-0.39, 0.29) is 5.75 Å². The van der Waals surface area contributed by atoms with E-state index < -0.39 is 0 Å². The molecule has 4 heteroatoms. The molecule has 0 aromatic heterocycles. The highest BCUT2D eigenvalue weighted by molar-refractivity contribution is 5.96. The fourth-order valence-corrected chi connectivity index (χ4v) is 2.62. The molecule has 3 rings (SSSR count). The van der Waals surface area contributed by atoms with Crippen molar-refractivity contribution in [2.24, 2.45) is 5.73 Å². The third-order valence-corrected chi connectivity index (χ3v) is 3.85. The van der Waals surface area contributed by atoms with Crippen LogP contribution in [0.15, 0.2) is 54.6 Å². The lowest BCUT2D eigenvalue weighted by Crippen LogP contribution is -2.06. The van der Waals surface area contributed by atoms with E-state index in [2.05, 4.69) is 5.32 Å². The molecule has 6 N–H and O–H groups in total. The van der Waals surface area contributed by atoms with E-state index in [0.29, 0.717) is 18.8 Å². The van der Waals surface area contributed by atoms with E-state index in [0.717, 1.165) is 27.6 Å². The van der Waals surface area contributed by atoms with E-state index in [1.165, 1.54) is 0 Å². The van der Waals surface area contributed by atoms with Gasteiger partial charge < -0.3 is 21.9 Å². The average Bonchev–Trinajstić information content (AvgIpc) is 2.57. The van der Waals surface area contributed by atoms with Gasteiger partial charge in [0.2, 0.25) is 0 Å². The lowest BCUT2D eigenvalue weighted by molar-refractivity contribution is 0.472. The maximum absolute atomic E-state index is 10.3. The normalized spacial score (nSPS) is 10.8. The second-order valence-corrected chi connectivity index (χ2v) is 5.23. The first-order valence-corrected chi connectivity index (χ1v) is 7.21. The van der Waals surface area contributed by atoms with Crippen molar-refractivity contribution in [2.45, 2.75) is 13.1 Å². The smallest absolute Gasteiger partial charge is 0.144 e. The van der Waals surface area contributed by atoms with Gasteiger partial charge in [-0.2, -0.15) is 0 Å². The fraction of sp³-hybridized carbons (Fsp3) is 0.111. The van der Waals surface area contributed by atoms with E-state index in [9.17, 15) is 5.11 Å². The van der Waals surface area contributed by atoms with E-state index >= 15 is 0 Å². The number of rotatable bonds is 4. The molecule has 0 aliphatic carbocycles. The Morgan fingerprint density at radius 3 is 2.50 bits per heavy atom.